The van der Waals surface area contributed by atoms with Gasteiger partial charge in [0.2, 0.25) is 0 Å². The van der Waals surface area contributed by atoms with Crippen molar-refractivity contribution < 1.29 is 5.11 Å². The molecule has 0 saturated heterocycles. The Hall–Kier alpha value is -0.640. The molecule has 0 spiro atoms. The molecule has 1 N–H and O–H groups in total. The zero-order chi connectivity index (χ0) is 12.2. The fourth-order valence-electron chi connectivity index (χ4n) is 1.56. The van der Waals surface area contributed by atoms with Gasteiger partial charge in [-0.05, 0) is 32.5 Å². The standard InChI is InChI=1S/C12H19ClN2O/c1-4-15(9-12(2,3)16)8-11-6-5-10(13)7-14-11/h5-7,16H,4,8-9H2,1-3H3. The minimum Gasteiger partial charge on any atom is -0.389 e. The van der Waals surface area contributed by atoms with Gasteiger partial charge in [-0.2, -0.15) is 0 Å². The van der Waals surface area contributed by atoms with Crippen LogP contribution in [0.3, 0.4) is 0 Å². The summed E-state index contributed by atoms with van der Waals surface area (Å²) in [6.07, 6.45) is 1.65. The number of rotatable bonds is 5. The van der Waals surface area contributed by atoms with Gasteiger partial charge in [0.1, 0.15) is 0 Å². The maximum Gasteiger partial charge on any atom is 0.0718 e. The summed E-state index contributed by atoms with van der Waals surface area (Å²) in [7, 11) is 0. The summed E-state index contributed by atoms with van der Waals surface area (Å²) < 4.78 is 0. The Morgan fingerprint density at radius 2 is 2.12 bits per heavy atom. The van der Waals surface area contributed by atoms with Gasteiger partial charge in [0, 0.05) is 19.3 Å². The van der Waals surface area contributed by atoms with Crippen molar-refractivity contribution in [2.45, 2.75) is 32.9 Å². The van der Waals surface area contributed by atoms with E-state index in [0.717, 1.165) is 18.8 Å². The van der Waals surface area contributed by atoms with E-state index in [0.29, 0.717) is 11.6 Å². The van der Waals surface area contributed by atoms with Gasteiger partial charge in [-0.1, -0.05) is 18.5 Å². The van der Waals surface area contributed by atoms with Crippen molar-refractivity contribution in [1.82, 2.24) is 9.88 Å². The lowest BCUT2D eigenvalue weighted by Crippen LogP contribution is -2.38. The van der Waals surface area contributed by atoms with Crippen molar-refractivity contribution in [3.05, 3.63) is 29.0 Å². The molecule has 16 heavy (non-hydrogen) atoms. The molecule has 0 aromatic carbocycles. The Labute approximate surface area is 102 Å². The minimum atomic E-state index is -0.678. The first kappa shape index (κ1) is 13.4. The van der Waals surface area contributed by atoms with Gasteiger partial charge in [-0.3, -0.25) is 9.88 Å². The van der Waals surface area contributed by atoms with E-state index in [9.17, 15) is 5.11 Å². The molecule has 0 aliphatic carbocycles. The van der Waals surface area contributed by atoms with E-state index < -0.39 is 5.60 Å². The highest BCUT2D eigenvalue weighted by atomic mass is 35.5. The van der Waals surface area contributed by atoms with E-state index in [1.54, 1.807) is 6.20 Å². The van der Waals surface area contributed by atoms with Crippen molar-refractivity contribution >= 4 is 11.6 Å². The average Bonchev–Trinajstić information content (AvgIpc) is 2.18. The highest BCUT2D eigenvalue weighted by Crippen LogP contribution is 2.10. The monoisotopic (exact) mass is 242 g/mol. The molecule has 0 amide bonds. The number of nitrogens with zero attached hydrogens (tertiary/aromatic N) is 2. The fraction of sp³-hybridized carbons (Fsp3) is 0.583. The first-order chi connectivity index (χ1) is 7.40. The Morgan fingerprint density at radius 1 is 1.44 bits per heavy atom. The number of hydrogen-bond donors (Lipinski definition) is 1. The molecule has 1 heterocycles. The third kappa shape index (κ3) is 4.92. The Morgan fingerprint density at radius 3 is 2.56 bits per heavy atom. The molecule has 1 aromatic heterocycles. The van der Waals surface area contributed by atoms with E-state index in [1.165, 1.54) is 0 Å². The second kappa shape index (κ2) is 5.62. The summed E-state index contributed by atoms with van der Waals surface area (Å²) in [4.78, 5) is 6.39. The van der Waals surface area contributed by atoms with E-state index in [1.807, 2.05) is 26.0 Å². The largest absolute Gasteiger partial charge is 0.389 e. The van der Waals surface area contributed by atoms with Gasteiger partial charge in [0.05, 0.1) is 16.3 Å². The molecular weight excluding hydrogens is 224 g/mol. The van der Waals surface area contributed by atoms with Crippen LogP contribution in [0.1, 0.15) is 26.5 Å². The predicted octanol–water partition coefficient (Wildman–Crippen LogP) is 2.33. The summed E-state index contributed by atoms with van der Waals surface area (Å²) in [6, 6.07) is 3.75. The van der Waals surface area contributed by atoms with E-state index in [-0.39, 0.29) is 0 Å². The number of aliphatic hydroxyl groups is 1. The lowest BCUT2D eigenvalue weighted by atomic mass is 10.1. The van der Waals surface area contributed by atoms with Crippen LogP contribution < -0.4 is 0 Å². The van der Waals surface area contributed by atoms with Gasteiger partial charge in [-0.25, -0.2) is 0 Å². The molecule has 4 heteroatoms. The third-order valence-corrected chi connectivity index (χ3v) is 2.46. The summed E-state index contributed by atoms with van der Waals surface area (Å²) in [5, 5.41) is 10.4. The minimum absolute atomic E-state index is 0.633. The Kier molecular flexibility index (Phi) is 4.71. The molecule has 0 fully saturated rings. The number of hydrogen-bond acceptors (Lipinski definition) is 3. The molecule has 0 bridgehead atoms. The molecule has 0 saturated carbocycles. The maximum absolute atomic E-state index is 9.76. The van der Waals surface area contributed by atoms with Crippen LogP contribution in [0.5, 0.6) is 0 Å². The number of aromatic nitrogens is 1. The van der Waals surface area contributed by atoms with Crippen LogP contribution in [0.25, 0.3) is 0 Å². The Balaban J connectivity index is 2.60. The topological polar surface area (TPSA) is 36.4 Å². The molecule has 1 aromatic rings. The van der Waals surface area contributed by atoms with Crippen molar-refractivity contribution in [3.63, 3.8) is 0 Å². The van der Waals surface area contributed by atoms with E-state index in [2.05, 4.69) is 16.8 Å². The van der Waals surface area contributed by atoms with Gasteiger partial charge < -0.3 is 5.11 Å². The summed E-state index contributed by atoms with van der Waals surface area (Å²) in [5.74, 6) is 0. The third-order valence-electron chi connectivity index (χ3n) is 2.23. The van der Waals surface area contributed by atoms with E-state index >= 15 is 0 Å². The molecule has 0 aliphatic rings. The summed E-state index contributed by atoms with van der Waals surface area (Å²) in [6.45, 7) is 7.94. The maximum atomic E-state index is 9.76. The lowest BCUT2D eigenvalue weighted by molar-refractivity contribution is 0.0350. The van der Waals surface area contributed by atoms with Crippen LogP contribution in [-0.2, 0) is 6.54 Å². The van der Waals surface area contributed by atoms with Crippen LogP contribution in [0.4, 0.5) is 0 Å². The highest BCUT2D eigenvalue weighted by Gasteiger charge is 2.17. The predicted molar refractivity (Wildman–Crippen MR) is 66.5 cm³/mol. The van der Waals surface area contributed by atoms with Crippen LogP contribution in [0.15, 0.2) is 18.3 Å². The first-order valence-electron chi connectivity index (χ1n) is 5.46. The number of halogens is 1. The Bertz CT molecular complexity index is 319. The smallest absolute Gasteiger partial charge is 0.0718 e. The summed E-state index contributed by atoms with van der Waals surface area (Å²) in [5.41, 5.74) is 0.290. The van der Waals surface area contributed by atoms with Gasteiger partial charge in [0.25, 0.3) is 0 Å². The van der Waals surface area contributed by atoms with E-state index in [4.69, 9.17) is 11.6 Å². The molecule has 0 radical (unpaired) electrons. The van der Waals surface area contributed by atoms with Crippen LogP contribution in [0.2, 0.25) is 5.02 Å². The zero-order valence-corrected chi connectivity index (χ0v) is 10.8. The number of likely N-dealkylation sites (N-methyl/N-ethyl adjacent to an activating group) is 1. The van der Waals surface area contributed by atoms with Gasteiger partial charge >= 0.3 is 0 Å². The molecule has 3 nitrogen and oxygen atoms in total. The zero-order valence-electron chi connectivity index (χ0n) is 10.1. The van der Waals surface area contributed by atoms with Crippen molar-refractivity contribution in [2.24, 2.45) is 0 Å². The summed E-state index contributed by atoms with van der Waals surface area (Å²) >= 11 is 5.77. The normalized spacial score (nSPS) is 12.1. The second-order valence-electron chi connectivity index (χ2n) is 4.58. The SMILES string of the molecule is CCN(Cc1ccc(Cl)cn1)CC(C)(C)O. The fourth-order valence-corrected chi connectivity index (χ4v) is 1.67. The van der Waals surface area contributed by atoms with Crippen LogP contribution in [-0.4, -0.2) is 33.7 Å². The van der Waals surface area contributed by atoms with Crippen LogP contribution >= 0.6 is 11.6 Å². The quantitative estimate of drug-likeness (QED) is 0.861. The van der Waals surface area contributed by atoms with Crippen LogP contribution in [0, 0.1) is 0 Å². The molecule has 1 rings (SSSR count). The number of pyridine rings is 1. The van der Waals surface area contributed by atoms with Gasteiger partial charge in [-0.15, -0.1) is 0 Å². The molecule has 0 atom stereocenters. The van der Waals surface area contributed by atoms with Crippen molar-refractivity contribution in [1.29, 1.82) is 0 Å². The second-order valence-corrected chi connectivity index (χ2v) is 5.02. The molecule has 0 aliphatic heterocycles. The average molecular weight is 243 g/mol. The molecular formula is C12H19ClN2O. The lowest BCUT2D eigenvalue weighted by Gasteiger charge is -2.27. The highest BCUT2D eigenvalue weighted by molar-refractivity contribution is 6.30. The van der Waals surface area contributed by atoms with Crippen molar-refractivity contribution in [2.75, 3.05) is 13.1 Å². The van der Waals surface area contributed by atoms with Crippen molar-refractivity contribution in [3.8, 4) is 0 Å². The first-order valence-corrected chi connectivity index (χ1v) is 5.83. The molecule has 90 valence electrons. The molecule has 0 unspecified atom stereocenters. The van der Waals surface area contributed by atoms with Gasteiger partial charge in [0.15, 0.2) is 0 Å².